The minimum absolute atomic E-state index is 0. The molecule has 1 atom stereocenters. The van der Waals surface area contributed by atoms with Gasteiger partial charge in [-0.25, -0.2) is 8.78 Å². The molecular formula is C24H25ClF2N4O2. The van der Waals surface area contributed by atoms with E-state index >= 15 is 0 Å². The van der Waals surface area contributed by atoms with Crippen molar-refractivity contribution in [3.63, 3.8) is 0 Å². The lowest BCUT2D eigenvalue weighted by Crippen LogP contribution is -2.38. The molecule has 1 aliphatic heterocycles. The summed E-state index contributed by atoms with van der Waals surface area (Å²) in [6, 6.07) is 9.15. The maximum absolute atomic E-state index is 14.7. The van der Waals surface area contributed by atoms with E-state index in [2.05, 4.69) is 15.3 Å². The van der Waals surface area contributed by atoms with Gasteiger partial charge in [-0.05, 0) is 62.1 Å². The number of pyridine rings is 1. The van der Waals surface area contributed by atoms with Crippen LogP contribution in [0.2, 0.25) is 0 Å². The molecule has 2 aliphatic rings. The van der Waals surface area contributed by atoms with Crippen molar-refractivity contribution in [2.45, 2.75) is 25.3 Å². The van der Waals surface area contributed by atoms with E-state index in [1.165, 1.54) is 31.0 Å². The van der Waals surface area contributed by atoms with E-state index in [1.54, 1.807) is 31.3 Å². The number of rotatable bonds is 6. The van der Waals surface area contributed by atoms with Crippen molar-refractivity contribution in [3.05, 3.63) is 59.8 Å². The van der Waals surface area contributed by atoms with Crippen LogP contribution < -0.4 is 15.8 Å². The van der Waals surface area contributed by atoms with Crippen LogP contribution in [-0.2, 0) is 10.3 Å². The van der Waals surface area contributed by atoms with Crippen molar-refractivity contribution in [3.8, 4) is 5.75 Å². The topological polar surface area (TPSA) is 81.8 Å². The third-order valence-electron chi connectivity index (χ3n) is 5.75. The van der Waals surface area contributed by atoms with Gasteiger partial charge in [-0.15, -0.1) is 12.4 Å². The van der Waals surface area contributed by atoms with E-state index < -0.39 is 17.2 Å². The highest BCUT2D eigenvalue weighted by Gasteiger charge is 2.33. The largest absolute Gasteiger partial charge is 0.492 e. The summed E-state index contributed by atoms with van der Waals surface area (Å²) in [5.41, 5.74) is 6.85. The van der Waals surface area contributed by atoms with Crippen LogP contribution >= 0.6 is 12.4 Å². The molecule has 0 amide bonds. The van der Waals surface area contributed by atoms with Gasteiger partial charge < -0.3 is 20.5 Å². The molecule has 1 saturated carbocycles. The summed E-state index contributed by atoms with van der Waals surface area (Å²) < 4.78 is 40.3. The summed E-state index contributed by atoms with van der Waals surface area (Å²) >= 11 is 0. The molecule has 33 heavy (non-hydrogen) atoms. The number of nitrogens with zero attached hydrogens (tertiary/aromatic N) is 2. The Hall–Kier alpha value is -2.97. The van der Waals surface area contributed by atoms with Crippen molar-refractivity contribution in [1.29, 1.82) is 0 Å². The van der Waals surface area contributed by atoms with Crippen molar-refractivity contribution >= 4 is 40.5 Å². The molecular weight excluding hydrogens is 450 g/mol. The molecule has 0 radical (unpaired) electrons. The van der Waals surface area contributed by atoms with Gasteiger partial charge in [0, 0.05) is 16.6 Å². The Balaban J connectivity index is 0.00000259. The fraction of sp³-hybridized carbons (Fsp3) is 0.333. The molecule has 9 heteroatoms. The SMILES string of the molecule is C[C@@]1(c2cc(Nc3cc(F)cc4cc(OCC5CC5)cnc34)ccc2F)COCC(N)=N1.Cl. The number of fused-ring (bicyclic) bond motifs is 1. The molecule has 0 unspecified atom stereocenters. The number of nitrogens with two attached hydrogens (primary N) is 1. The van der Waals surface area contributed by atoms with Gasteiger partial charge in [0.1, 0.15) is 35.4 Å². The van der Waals surface area contributed by atoms with Crippen molar-refractivity contribution in [1.82, 2.24) is 4.98 Å². The monoisotopic (exact) mass is 474 g/mol. The number of hydrogen-bond acceptors (Lipinski definition) is 6. The first kappa shape index (κ1) is 23.2. The number of ether oxygens (including phenoxy) is 2. The summed E-state index contributed by atoms with van der Waals surface area (Å²) in [4.78, 5) is 8.90. The van der Waals surface area contributed by atoms with Gasteiger partial charge in [0.2, 0.25) is 0 Å². The first-order valence-corrected chi connectivity index (χ1v) is 10.6. The highest BCUT2D eigenvalue weighted by molar-refractivity contribution is 5.93. The summed E-state index contributed by atoms with van der Waals surface area (Å²) in [6.45, 7) is 2.86. The molecule has 3 aromatic rings. The van der Waals surface area contributed by atoms with E-state index in [0.29, 0.717) is 52.0 Å². The number of aromatic nitrogens is 1. The van der Waals surface area contributed by atoms with Crippen LogP contribution in [0.1, 0.15) is 25.3 Å². The Labute approximate surface area is 196 Å². The zero-order chi connectivity index (χ0) is 22.3. The molecule has 174 valence electrons. The maximum atomic E-state index is 14.7. The van der Waals surface area contributed by atoms with E-state index in [-0.39, 0.29) is 25.6 Å². The van der Waals surface area contributed by atoms with Gasteiger partial charge >= 0.3 is 0 Å². The maximum Gasteiger partial charge on any atom is 0.138 e. The zero-order valence-corrected chi connectivity index (χ0v) is 18.9. The lowest BCUT2D eigenvalue weighted by molar-refractivity contribution is 0.104. The second kappa shape index (κ2) is 9.11. The number of anilines is 2. The molecule has 5 rings (SSSR count). The fourth-order valence-corrected chi connectivity index (χ4v) is 3.91. The third-order valence-corrected chi connectivity index (χ3v) is 5.75. The van der Waals surface area contributed by atoms with E-state index in [0.717, 1.165) is 0 Å². The summed E-state index contributed by atoms with van der Waals surface area (Å²) in [7, 11) is 0. The van der Waals surface area contributed by atoms with E-state index in [1.807, 2.05) is 0 Å². The quantitative estimate of drug-likeness (QED) is 0.521. The molecule has 6 nitrogen and oxygen atoms in total. The van der Waals surface area contributed by atoms with E-state index in [4.69, 9.17) is 15.2 Å². The van der Waals surface area contributed by atoms with Crippen LogP contribution in [0.3, 0.4) is 0 Å². The Morgan fingerprint density at radius 2 is 2.03 bits per heavy atom. The molecule has 2 heterocycles. The molecule has 1 fully saturated rings. The van der Waals surface area contributed by atoms with Gasteiger partial charge in [-0.1, -0.05) is 0 Å². The average molecular weight is 475 g/mol. The third kappa shape index (κ3) is 5.02. The molecule has 0 saturated heterocycles. The van der Waals surface area contributed by atoms with E-state index in [9.17, 15) is 8.78 Å². The zero-order valence-electron chi connectivity index (χ0n) is 18.1. The molecule has 1 aromatic heterocycles. The predicted molar refractivity (Wildman–Crippen MR) is 127 cm³/mol. The Morgan fingerprint density at radius 1 is 1.21 bits per heavy atom. The van der Waals surface area contributed by atoms with Gasteiger partial charge in [-0.2, -0.15) is 0 Å². The van der Waals surface area contributed by atoms with Crippen LogP contribution in [0.4, 0.5) is 20.2 Å². The highest BCUT2D eigenvalue weighted by Crippen LogP contribution is 2.35. The minimum Gasteiger partial charge on any atom is -0.492 e. The smallest absolute Gasteiger partial charge is 0.138 e. The van der Waals surface area contributed by atoms with Crippen LogP contribution in [0, 0.1) is 17.6 Å². The van der Waals surface area contributed by atoms with Crippen molar-refractivity contribution < 1.29 is 18.3 Å². The number of benzene rings is 2. The summed E-state index contributed by atoms with van der Waals surface area (Å²) in [5, 5.41) is 3.79. The number of aliphatic imine (C=N–C) groups is 1. The van der Waals surface area contributed by atoms with Crippen LogP contribution in [0.25, 0.3) is 10.9 Å². The lowest BCUT2D eigenvalue weighted by atomic mass is 9.91. The highest BCUT2D eigenvalue weighted by atomic mass is 35.5. The van der Waals surface area contributed by atoms with Gasteiger partial charge in [-0.3, -0.25) is 9.98 Å². The summed E-state index contributed by atoms with van der Waals surface area (Å²) in [5.74, 6) is 0.717. The second-order valence-electron chi connectivity index (χ2n) is 8.64. The van der Waals surface area contributed by atoms with Crippen LogP contribution in [-0.4, -0.2) is 30.6 Å². The van der Waals surface area contributed by atoms with Gasteiger partial charge in [0.05, 0.1) is 30.6 Å². The van der Waals surface area contributed by atoms with Gasteiger partial charge in [0.15, 0.2) is 0 Å². The van der Waals surface area contributed by atoms with Crippen molar-refractivity contribution in [2.75, 3.05) is 25.1 Å². The molecule has 0 bridgehead atoms. The normalized spacial score (nSPS) is 20.2. The average Bonchev–Trinajstić information content (AvgIpc) is 3.57. The fourth-order valence-electron chi connectivity index (χ4n) is 3.91. The minimum atomic E-state index is -0.944. The molecule has 0 spiro atoms. The number of hydrogen-bond donors (Lipinski definition) is 2. The Kier molecular flexibility index (Phi) is 6.41. The predicted octanol–water partition coefficient (Wildman–Crippen LogP) is 5.07. The number of amidine groups is 1. The molecule has 2 aromatic carbocycles. The van der Waals surface area contributed by atoms with Crippen LogP contribution in [0.5, 0.6) is 5.75 Å². The van der Waals surface area contributed by atoms with Crippen LogP contribution in [0.15, 0.2) is 47.6 Å². The standard InChI is InChI=1S/C24H24F2N4O2.ClH/c1-24(13-31-12-22(27)30-24)19-9-17(4-5-20(19)26)29-21-8-16(25)6-15-7-18(10-28-23(15)21)32-11-14-2-3-14;/h4-10,14,29H,2-3,11-13H2,1H3,(H2,27,30);1H/t24-;/m0./s1. The summed E-state index contributed by atoms with van der Waals surface area (Å²) in [6.07, 6.45) is 4.01. The number of halogens is 3. The number of nitrogens with one attached hydrogen (secondary N) is 1. The second-order valence-corrected chi connectivity index (χ2v) is 8.64. The molecule has 1 aliphatic carbocycles. The lowest BCUT2D eigenvalue weighted by Gasteiger charge is -2.30. The first-order chi connectivity index (χ1) is 15.4. The Morgan fingerprint density at radius 3 is 2.79 bits per heavy atom. The Bertz CT molecular complexity index is 1220. The van der Waals surface area contributed by atoms with Crippen molar-refractivity contribution in [2.24, 2.45) is 16.6 Å². The molecule has 3 N–H and O–H groups in total. The first-order valence-electron chi connectivity index (χ1n) is 10.6. The van der Waals surface area contributed by atoms with Gasteiger partial charge in [0.25, 0.3) is 0 Å².